The van der Waals surface area contributed by atoms with Crippen LogP contribution in [0.3, 0.4) is 0 Å². The van der Waals surface area contributed by atoms with Gasteiger partial charge in [0, 0.05) is 6.54 Å². The van der Waals surface area contributed by atoms with Crippen LogP contribution in [-0.4, -0.2) is 16.6 Å². The van der Waals surface area contributed by atoms with E-state index >= 15 is 0 Å². The average Bonchev–Trinajstić information content (AvgIpc) is 2.88. The zero-order chi connectivity index (χ0) is 16.3. The minimum absolute atomic E-state index is 0.0804. The number of rotatable bonds is 6. The molecule has 0 aromatic carbocycles. The summed E-state index contributed by atoms with van der Waals surface area (Å²) in [6, 6.07) is 6.58. The zero-order valence-corrected chi connectivity index (χ0v) is 13.4. The Morgan fingerprint density at radius 2 is 2.05 bits per heavy atom. The first-order chi connectivity index (χ1) is 10.3. The first-order valence-electron chi connectivity index (χ1n) is 7.44. The van der Waals surface area contributed by atoms with E-state index < -0.39 is 5.60 Å². The number of nitrogens with zero attached hydrogens (tertiary/aromatic N) is 1. The third-order valence-electron chi connectivity index (χ3n) is 3.67. The van der Waals surface area contributed by atoms with E-state index in [2.05, 4.69) is 24.1 Å². The van der Waals surface area contributed by atoms with Crippen molar-refractivity contribution < 1.29 is 13.9 Å². The number of aliphatic hydroxyl groups is 1. The van der Waals surface area contributed by atoms with Crippen LogP contribution in [0.25, 0.3) is 0 Å². The summed E-state index contributed by atoms with van der Waals surface area (Å²) < 4.78 is 18.5. The van der Waals surface area contributed by atoms with Crippen molar-refractivity contribution in [1.29, 1.82) is 0 Å². The minimum Gasteiger partial charge on any atom is -0.463 e. The highest BCUT2D eigenvalue weighted by atomic mass is 19.1. The molecule has 120 valence electrons. The monoisotopic (exact) mass is 306 g/mol. The zero-order valence-electron chi connectivity index (χ0n) is 13.4. The van der Waals surface area contributed by atoms with Gasteiger partial charge in [0.25, 0.3) is 0 Å². The van der Waals surface area contributed by atoms with E-state index in [1.807, 2.05) is 13.0 Å². The largest absolute Gasteiger partial charge is 0.463 e. The molecule has 0 fully saturated rings. The van der Waals surface area contributed by atoms with Crippen LogP contribution in [0.5, 0.6) is 0 Å². The molecule has 0 aliphatic carbocycles. The van der Waals surface area contributed by atoms with E-state index in [9.17, 15) is 9.50 Å². The number of nitrogens with one attached hydrogen (secondary N) is 1. The molecule has 4 nitrogen and oxygen atoms in total. The van der Waals surface area contributed by atoms with E-state index in [4.69, 9.17) is 4.42 Å². The Balaban J connectivity index is 2.10. The quantitative estimate of drug-likeness (QED) is 0.859. The maximum atomic E-state index is 13.0. The number of aryl methyl sites for hydroxylation is 1. The Morgan fingerprint density at radius 1 is 1.32 bits per heavy atom. The highest BCUT2D eigenvalue weighted by Crippen LogP contribution is 2.25. The predicted molar refractivity (Wildman–Crippen MR) is 82.8 cm³/mol. The molecule has 2 rings (SSSR count). The molecule has 2 heterocycles. The van der Waals surface area contributed by atoms with E-state index in [-0.39, 0.29) is 17.8 Å². The summed E-state index contributed by atoms with van der Waals surface area (Å²) in [7, 11) is 0. The van der Waals surface area contributed by atoms with Crippen molar-refractivity contribution >= 4 is 0 Å². The molecule has 0 saturated heterocycles. The second-order valence-corrected chi connectivity index (χ2v) is 6.19. The van der Waals surface area contributed by atoms with Gasteiger partial charge in [0.2, 0.25) is 0 Å². The van der Waals surface area contributed by atoms with Crippen molar-refractivity contribution in [3.05, 3.63) is 53.5 Å². The van der Waals surface area contributed by atoms with Gasteiger partial charge in [-0.3, -0.25) is 4.98 Å². The Hall–Kier alpha value is -1.72. The number of pyridine rings is 1. The molecule has 0 amide bonds. The first-order valence-corrected chi connectivity index (χ1v) is 7.44. The molecule has 0 saturated carbocycles. The van der Waals surface area contributed by atoms with Gasteiger partial charge in [-0.25, -0.2) is 4.39 Å². The summed E-state index contributed by atoms with van der Waals surface area (Å²) in [5.74, 6) is 1.17. The fourth-order valence-electron chi connectivity index (χ4n) is 2.37. The van der Waals surface area contributed by atoms with Crippen molar-refractivity contribution in [3.63, 3.8) is 0 Å². The van der Waals surface area contributed by atoms with Crippen LogP contribution in [0, 0.1) is 18.7 Å². The van der Waals surface area contributed by atoms with Gasteiger partial charge in [-0.05, 0) is 44.0 Å². The molecule has 2 N–H and O–H groups in total. The van der Waals surface area contributed by atoms with Crippen LogP contribution < -0.4 is 5.32 Å². The highest BCUT2D eigenvalue weighted by molar-refractivity contribution is 5.14. The molecule has 0 spiro atoms. The second-order valence-electron chi connectivity index (χ2n) is 6.19. The summed E-state index contributed by atoms with van der Waals surface area (Å²) in [5, 5.41) is 13.9. The van der Waals surface area contributed by atoms with Crippen molar-refractivity contribution in [2.24, 2.45) is 5.92 Å². The lowest BCUT2D eigenvalue weighted by Crippen LogP contribution is -2.39. The molecule has 0 bridgehead atoms. The summed E-state index contributed by atoms with van der Waals surface area (Å²) >= 11 is 0. The van der Waals surface area contributed by atoms with Gasteiger partial charge in [0.15, 0.2) is 0 Å². The average molecular weight is 306 g/mol. The minimum atomic E-state index is -1.12. The highest BCUT2D eigenvalue weighted by Gasteiger charge is 2.29. The van der Waals surface area contributed by atoms with Gasteiger partial charge in [-0.15, -0.1) is 0 Å². The van der Waals surface area contributed by atoms with Crippen molar-refractivity contribution in [2.45, 2.75) is 39.3 Å². The number of hydrogen-bond acceptors (Lipinski definition) is 4. The normalized spacial score (nSPS) is 15.8. The lowest BCUT2D eigenvalue weighted by molar-refractivity contribution is 0.0290. The topological polar surface area (TPSA) is 58.3 Å². The van der Waals surface area contributed by atoms with Crippen LogP contribution in [0.2, 0.25) is 0 Å². The number of hydrogen-bond donors (Lipinski definition) is 2. The number of halogens is 1. The first kappa shape index (κ1) is 16.6. The second kappa shape index (κ2) is 6.58. The third kappa shape index (κ3) is 3.93. The SMILES string of the molecule is Cc1ccc(C(C)(O)CNC(c2ccc(F)cn2)C(C)C)o1. The van der Waals surface area contributed by atoms with Gasteiger partial charge in [0.05, 0.1) is 17.9 Å². The Bertz CT molecular complexity index is 605. The van der Waals surface area contributed by atoms with Crippen LogP contribution in [0.15, 0.2) is 34.9 Å². The summed E-state index contributed by atoms with van der Waals surface area (Å²) in [4.78, 5) is 4.13. The molecule has 2 aromatic rings. The Kier molecular flexibility index (Phi) is 4.98. The third-order valence-corrected chi connectivity index (χ3v) is 3.67. The maximum absolute atomic E-state index is 13.0. The van der Waals surface area contributed by atoms with Gasteiger partial charge in [-0.2, -0.15) is 0 Å². The summed E-state index contributed by atoms with van der Waals surface area (Å²) in [6.45, 7) is 7.95. The van der Waals surface area contributed by atoms with Gasteiger partial charge < -0.3 is 14.8 Å². The molecule has 0 aliphatic heterocycles. The van der Waals surface area contributed by atoms with Crippen molar-refractivity contribution in [3.8, 4) is 0 Å². The predicted octanol–water partition coefficient (Wildman–Crippen LogP) is 3.32. The Labute approximate surface area is 130 Å². The molecule has 2 aromatic heterocycles. The fourth-order valence-corrected chi connectivity index (χ4v) is 2.37. The maximum Gasteiger partial charge on any atom is 0.141 e. The van der Waals surface area contributed by atoms with E-state index in [1.165, 1.54) is 12.3 Å². The van der Waals surface area contributed by atoms with E-state index in [0.29, 0.717) is 12.3 Å². The molecule has 2 atom stereocenters. The lowest BCUT2D eigenvalue weighted by Gasteiger charge is -2.27. The molecule has 22 heavy (non-hydrogen) atoms. The van der Waals surface area contributed by atoms with Crippen LogP contribution >= 0.6 is 0 Å². The van der Waals surface area contributed by atoms with E-state index in [1.54, 1.807) is 19.1 Å². The fraction of sp³-hybridized carbons (Fsp3) is 0.471. The van der Waals surface area contributed by atoms with Crippen molar-refractivity contribution in [2.75, 3.05) is 6.54 Å². The summed E-state index contributed by atoms with van der Waals surface area (Å²) in [6.07, 6.45) is 1.21. The molecule has 2 unspecified atom stereocenters. The van der Waals surface area contributed by atoms with E-state index in [0.717, 1.165) is 11.5 Å². The van der Waals surface area contributed by atoms with Gasteiger partial charge in [-0.1, -0.05) is 13.8 Å². The van der Waals surface area contributed by atoms with Gasteiger partial charge >= 0.3 is 0 Å². The van der Waals surface area contributed by atoms with Crippen molar-refractivity contribution in [1.82, 2.24) is 10.3 Å². The number of aromatic nitrogens is 1. The summed E-state index contributed by atoms with van der Waals surface area (Å²) in [5.41, 5.74) is -0.371. The molecular weight excluding hydrogens is 283 g/mol. The van der Waals surface area contributed by atoms with Crippen LogP contribution in [0.4, 0.5) is 4.39 Å². The van der Waals surface area contributed by atoms with Gasteiger partial charge in [0.1, 0.15) is 22.9 Å². The molecule has 5 heteroatoms. The molecule has 0 aliphatic rings. The molecular formula is C17H23FN2O2. The number of furan rings is 1. The lowest BCUT2D eigenvalue weighted by atomic mass is 9.97. The standard InChI is InChI=1S/C17H23FN2O2/c1-11(2)16(14-7-6-13(18)9-19-14)20-10-17(4,21)15-8-5-12(3)22-15/h5-9,11,16,20-21H,10H2,1-4H3. The Morgan fingerprint density at radius 3 is 2.55 bits per heavy atom. The van der Waals surface area contributed by atoms with Crippen LogP contribution in [-0.2, 0) is 5.60 Å². The smallest absolute Gasteiger partial charge is 0.141 e. The van der Waals surface area contributed by atoms with Crippen LogP contribution in [0.1, 0.15) is 44.0 Å². The molecule has 0 radical (unpaired) electrons.